The molecule has 0 atom stereocenters. The Balaban J connectivity index is 1.66. The molecule has 1 N–H and O–H groups in total. The summed E-state index contributed by atoms with van der Waals surface area (Å²) >= 11 is 0. The van der Waals surface area contributed by atoms with Crippen molar-refractivity contribution in [3.8, 4) is 11.4 Å². The standard InChI is InChI=1S/C37H22N4/c1-38-23-19-21-25(22-20-23)41-31-18-10-7-15-28(31)34-36(41)32-26-13-5-8-16-29(26)39-35(32)33-27-14-6-9-17-30(27)40(37(33)34)24-11-3-2-4-12-24/h2-22,39H. The molecule has 0 saturated heterocycles. The lowest BCUT2D eigenvalue weighted by molar-refractivity contribution is 1.18. The molecule has 9 aromatic rings. The van der Waals surface area contributed by atoms with Gasteiger partial charge in [0, 0.05) is 49.2 Å². The van der Waals surface area contributed by atoms with Crippen molar-refractivity contribution in [2.24, 2.45) is 0 Å². The van der Waals surface area contributed by atoms with Crippen LogP contribution in [0.25, 0.3) is 81.6 Å². The molecule has 0 amide bonds. The Morgan fingerprint density at radius 2 is 1.00 bits per heavy atom. The maximum absolute atomic E-state index is 7.49. The number of aromatic nitrogens is 3. The van der Waals surface area contributed by atoms with E-state index < -0.39 is 0 Å². The van der Waals surface area contributed by atoms with Crippen molar-refractivity contribution in [3.63, 3.8) is 0 Å². The molecule has 0 bridgehead atoms. The Morgan fingerprint density at radius 3 is 1.66 bits per heavy atom. The highest BCUT2D eigenvalue weighted by Crippen LogP contribution is 2.48. The van der Waals surface area contributed by atoms with Gasteiger partial charge in [-0.3, -0.25) is 0 Å². The summed E-state index contributed by atoms with van der Waals surface area (Å²) in [6.07, 6.45) is 0. The van der Waals surface area contributed by atoms with Crippen molar-refractivity contribution < 1.29 is 0 Å². The first-order chi connectivity index (χ1) is 20.3. The molecule has 0 radical (unpaired) electrons. The van der Waals surface area contributed by atoms with Crippen LogP contribution >= 0.6 is 0 Å². The molecule has 0 fully saturated rings. The van der Waals surface area contributed by atoms with Gasteiger partial charge >= 0.3 is 0 Å². The molecule has 3 aromatic heterocycles. The third kappa shape index (κ3) is 2.87. The van der Waals surface area contributed by atoms with E-state index in [1.807, 2.05) is 12.1 Å². The van der Waals surface area contributed by atoms with Gasteiger partial charge in [0.25, 0.3) is 0 Å². The second-order valence-corrected chi connectivity index (χ2v) is 10.5. The van der Waals surface area contributed by atoms with Crippen LogP contribution in [0.2, 0.25) is 0 Å². The molecule has 6 aromatic carbocycles. The first-order valence-electron chi connectivity index (χ1n) is 13.8. The lowest BCUT2D eigenvalue weighted by atomic mass is 10.0. The number of aromatic amines is 1. The molecule has 0 saturated carbocycles. The van der Waals surface area contributed by atoms with Crippen molar-refractivity contribution in [3.05, 3.63) is 139 Å². The molecule has 41 heavy (non-hydrogen) atoms. The quantitative estimate of drug-likeness (QED) is 0.219. The second-order valence-electron chi connectivity index (χ2n) is 10.5. The van der Waals surface area contributed by atoms with Gasteiger partial charge in [-0.1, -0.05) is 84.9 Å². The Hall–Kier alpha value is -5.79. The highest BCUT2D eigenvalue weighted by atomic mass is 15.0. The third-order valence-corrected chi connectivity index (χ3v) is 8.43. The maximum Gasteiger partial charge on any atom is 0.187 e. The normalized spacial score (nSPS) is 11.9. The van der Waals surface area contributed by atoms with Gasteiger partial charge in [-0.25, -0.2) is 4.85 Å². The average molecular weight is 523 g/mol. The molecular weight excluding hydrogens is 500 g/mol. The summed E-state index contributed by atoms with van der Waals surface area (Å²) in [5, 5.41) is 7.30. The van der Waals surface area contributed by atoms with Crippen LogP contribution in [0, 0.1) is 6.57 Å². The predicted molar refractivity (Wildman–Crippen MR) is 171 cm³/mol. The lowest BCUT2D eigenvalue weighted by Gasteiger charge is -2.12. The minimum absolute atomic E-state index is 0.637. The number of benzene rings is 6. The first-order valence-corrected chi connectivity index (χ1v) is 13.8. The molecular formula is C37H22N4. The molecule has 4 nitrogen and oxygen atoms in total. The number of hydrogen-bond acceptors (Lipinski definition) is 0. The zero-order chi connectivity index (χ0) is 27.1. The Kier molecular flexibility index (Phi) is 4.37. The van der Waals surface area contributed by atoms with Crippen molar-refractivity contribution in [2.75, 3.05) is 0 Å². The highest BCUT2D eigenvalue weighted by molar-refractivity contribution is 6.39. The van der Waals surface area contributed by atoms with Gasteiger partial charge in [-0.15, -0.1) is 0 Å². The van der Waals surface area contributed by atoms with Crippen LogP contribution in [0.15, 0.2) is 127 Å². The van der Waals surface area contributed by atoms with Gasteiger partial charge in [-0.2, -0.15) is 0 Å². The van der Waals surface area contributed by atoms with Gasteiger partial charge in [0.05, 0.1) is 34.2 Å². The summed E-state index contributed by atoms with van der Waals surface area (Å²) in [6, 6.07) is 44.7. The van der Waals surface area contributed by atoms with Gasteiger partial charge < -0.3 is 14.1 Å². The monoisotopic (exact) mass is 522 g/mol. The van der Waals surface area contributed by atoms with Gasteiger partial charge in [0.15, 0.2) is 5.69 Å². The second kappa shape index (κ2) is 8.11. The van der Waals surface area contributed by atoms with E-state index in [1.54, 1.807) is 0 Å². The van der Waals surface area contributed by atoms with E-state index in [1.165, 1.54) is 48.9 Å². The van der Waals surface area contributed by atoms with Gasteiger partial charge in [-0.05, 0) is 42.5 Å². The summed E-state index contributed by atoms with van der Waals surface area (Å²) in [5.74, 6) is 0. The third-order valence-electron chi connectivity index (χ3n) is 8.43. The molecule has 0 aliphatic carbocycles. The van der Waals surface area contributed by atoms with Crippen molar-refractivity contribution >= 4 is 71.1 Å². The molecule has 9 rings (SSSR count). The van der Waals surface area contributed by atoms with E-state index in [-0.39, 0.29) is 0 Å². The van der Waals surface area contributed by atoms with Crippen LogP contribution in [0.1, 0.15) is 0 Å². The van der Waals surface area contributed by atoms with Crippen LogP contribution in [0.4, 0.5) is 5.69 Å². The SMILES string of the molecule is [C-]#[N+]c1ccc(-n2c3ccccc3c3c4c(c5ccccc5n4-c4ccccc4)c4[nH]c5ccccc5c4c32)cc1. The molecule has 0 aliphatic heterocycles. The summed E-state index contributed by atoms with van der Waals surface area (Å²) in [7, 11) is 0. The van der Waals surface area contributed by atoms with E-state index in [2.05, 4.69) is 134 Å². The van der Waals surface area contributed by atoms with E-state index >= 15 is 0 Å². The minimum atomic E-state index is 0.637. The fraction of sp³-hybridized carbons (Fsp3) is 0. The zero-order valence-corrected chi connectivity index (χ0v) is 22.0. The summed E-state index contributed by atoms with van der Waals surface area (Å²) in [5.41, 5.74) is 9.75. The average Bonchev–Trinajstić information content (AvgIpc) is 3.69. The van der Waals surface area contributed by atoms with E-state index in [9.17, 15) is 0 Å². The fourth-order valence-electron chi connectivity index (χ4n) is 6.81. The predicted octanol–water partition coefficient (Wildman–Crippen LogP) is 10.1. The first kappa shape index (κ1) is 22.1. The van der Waals surface area contributed by atoms with Crippen molar-refractivity contribution in [2.45, 2.75) is 0 Å². The van der Waals surface area contributed by atoms with Crippen LogP contribution in [0.3, 0.4) is 0 Å². The largest absolute Gasteiger partial charge is 0.354 e. The maximum atomic E-state index is 7.49. The number of hydrogen-bond donors (Lipinski definition) is 1. The highest BCUT2D eigenvalue weighted by Gasteiger charge is 2.26. The topological polar surface area (TPSA) is 30.0 Å². The number of para-hydroxylation sites is 4. The molecule has 3 heterocycles. The number of rotatable bonds is 2. The van der Waals surface area contributed by atoms with Gasteiger partial charge in [0.2, 0.25) is 0 Å². The van der Waals surface area contributed by atoms with Crippen LogP contribution < -0.4 is 0 Å². The lowest BCUT2D eigenvalue weighted by Crippen LogP contribution is -1.96. The molecule has 0 spiro atoms. The molecule has 0 unspecified atom stereocenters. The Bertz CT molecular complexity index is 2520. The zero-order valence-electron chi connectivity index (χ0n) is 22.0. The fourth-order valence-corrected chi connectivity index (χ4v) is 6.81. The van der Waals surface area contributed by atoms with Crippen LogP contribution in [-0.2, 0) is 0 Å². The summed E-state index contributed by atoms with van der Waals surface area (Å²) in [4.78, 5) is 7.49. The molecule has 4 heteroatoms. The molecule has 190 valence electrons. The number of nitrogens with one attached hydrogen (secondary N) is 1. The Morgan fingerprint density at radius 1 is 0.488 bits per heavy atom. The Labute approximate surface area is 235 Å². The van der Waals surface area contributed by atoms with E-state index in [4.69, 9.17) is 6.57 Å². The summed E-state index contributed by atoms with van der Waals surface area (Å²) in [6.45, 7) is 7.49. The summed E-state index contributed by atoms with van der Waals surface area (Å²) < 4.78 is 4.81. The number of nitrogens with zero attached hydrogens (tertiary/aromatic N) is 3. The van der Waals surface area contributed by atoms with E-state index in [0.29, 0.717) is 5.69 Å². The van der Waals surface area contributed by atoms with E-state index in [0.717, 1.165) is 27.9 Å². The van der Waals surface area contributed by atoms with Crippen LogP contribution in [-0.4, -0.2) is 14.1 Å². The number of H-pyrrole nitrogens is 1. The van der Waals surface area contributed by atoms with Crippen LogP contribution in [0.5, 0.6) is 0 Å². The molecule has 0 aliphatic rings. The van der Waals surface area contributed by atoms with Crippen molar-refractivity contribution in [1.29, 1.82) is 0 Å². The number of fused-ring (bicyclic) bond motifs is 12. The smallest absolute Gasteiger partial charge is 0.187 e. The van der Waals surface area contributed by atoms with Gasteiger partial charge in [0.1, 0.15) is 0 Å². The van der Waals surface area contributed by atoms with Crippen molar-refractivity contribution in [1.82, 2.24) is 14.1 Å². The minimum Gasteiger partial charge on any atom is -0.354 e.